The molecule has 1 N–H and O–H groups in total. The van der Waals surface area contributed by atoms with E-state index in [1.807, 2.05) is 36.1 Å². The Labute approximate surface area is 206 Å². The average Bonchev–Trinajstić information content (AvgIpc) is 3.30. The summed E-state index contributed by atoms with van der Waals surface area (Å²) in [6, 6.07) is 5.83. The number of likely N-dealkylation sites (tertiary alicyclic amines) is 1. The van der Waals surface area contributed by atoms with Crippen molar-refractivity contribution in [2.75, 3.05) is 30.8 Å². The molecule has 0 bridgehead atoms. The van der Waals surface area contributed by atoms with Gasteiger partial charge in [-0.25, -0.2) is 13.1 Å². The van der Waals surface area contributed by atoms with Gasteiger partial charge in [-0.15, -0.1) is 0 Å². The van der Waals surface area contributed by atoms with Gasteiger partial charge in [0.15, 0.2) is 0 Å². The number of nitrogens with one attached hydrogen (secondary N) is 1. The number of anilines is 1. The van der Waals surface area contributed by atoms with E-state index in [2.05, 4.69) is 20.9 Å². The first kappa shape index (κ1) is 23.8. The lowest BCUT2D eigenvalue weighted by Crippen LogP contribution is -2.47. The second-order valence-electron chi connectivity index (χ2n) is 10.0. The van der Waals surface area contributed by atoms with E-state index in [0.717, 1.165) is 68.7 Å². The largest absolute Gasteiger partial charge is 0.314 e. The molecule has 2 aliphatic heterocycles. The van der Waals surface area contributed by atoms with Crippen LogP contribution < -0.4 is 9.62 Å². The number of fused-ring (bicyclic) bond motifs is 2. The number of carbonyl (C=O) groups excluding carboxylic acids is 1. The second kappa shape index (κ2) is 8.93. The van der Waals surface area contributed by atoms with Crippen molar-refractivity contribution in [2.45, 2.75) is 57.2 Å². The number of amides is 1. The van der Waals surface area contributed by atoms with Crippen molar-refractivity contribution in [2.24, 2.45) is 5.92 Å². The fraction of sp³-hybridized carbons (Fsp3) is 0.583. The lowest BCUT2D eigenvalue weighted by Gasteiger charge is -2.38. The van der Waals surface area contributed by atoms with Crippen LogP contribution >= 0.6 is 11.6 Å². The van der Waals surface area contributed by atoms with Crippen LogP contribution in [-0.2, 0) is 33.3 Å². The molecule has 1 spiro atoms. The molecule has 184 valence electrons. The molecular weight excluding hydrogens is 474 g/mol. The molecule has 5 rings (SSSR count). The minimum Gasteiger partial charge on any atom is -0.314 e. The van der Waals surface area contributed by atoms with Gasteiger partial charge in [-0.2, -0.15) is 5.10 Å². The van der Waals surface area contributed by atoms with Crippen molar-refractivity contribution in [1.82, 2.24) is 19.4 Å². The Bertz CT molecular complexity index is 1180. The fourth-order valence-electron chi connectivity index (χ4n) is 5.73. The molecule has 1 amide bonds. The van der Waals surface area contributed by atoms with E-state index in [-0.39, 0.29) is 17.7 Å². The number of aromatic nitrogens is 2. The van der Waals surface area contributed by atoms with E-state index in [4.69, 9.17) is 11.6 Å². The van der Waals surface area contributed by atoms with Crippen LogP contribution in [0.1, 0.15) is 43.7 Å². The SMILES string of the molecule is CCS(=O)(=O)NC1CC(Cn2cc(CN3CCC4(CC3)C(=O)N(C)c3ccc(Cl)cc34)cn2)C1. The lowest BCUT2D eigenvalue weighted by atomic mass is 9.73. The molecule has 0 atom stereocenters. The number of piperidine rings is 1. The second-order valence-corrected chi connectivity index (χ2v) is 12.5. The van der Waals surface area contributed by atoms with Crippen LogP contribution in [0.4, 0.5) is 5.69 Å². The Balaban J connectivity index is 1.14. The number of likely N-dealkylation sites (N-methyl/N-ethyl adjacent to an activating group) is 1. The molecule has 2 fully saturated rings. The molecule has 0 radical (unpaired) electrons. The number of rotatable bonds is 7. The summed E-state index contributed by atoms with van der Waals surface area (Å²) in [5.41, 5.74) is 2.75. The van der Waals surface area contributed by atoms with E-state index >= 15 is 0 Å². The molecule has 1 saturated carbocycles. The quantitative estimate of drug-likeness (QED) is 0.625. The maximum Gasteiger partial charge on any atom is 0.237 e. The zero-order valence-electron chi connectivity index (χ0n) is 19.7. The van der Waals surface area contributed by atoms with Crippen LogP contribution in [0.2, 0.25) is 5.02 Å². The van der Waals surface area contributed by atoms with Crippen LogP contribution in [0.5, 0.6) is 0 Å². The maximum absolute atomic E-state index is 13.2. The number of halogens is 1. The van der Waals surface area contributed by atoms with E-state index in [1.165, 1.54) is 0 Å². The first-order valence-corrected chi connectivity index (χ1v) is 14.0. The molecule has 1 saturated heterocycles. The van der Waals surface area contributed by atoms with Crippen LogP contribution in [0.25, 0.3) is 0 Å². The molecule has 1 aliphatic carbocycles. The zero-order valence-corrected chi connectivity index (χ0v) is 21.3. The topological polar surface area (TPSA) is 87.5 Å². The average molecular weight is 506 g/mol. The normalized spacial score (nSPS) is 24.4. The van der Waals surface area contributed by atoms with Crippen molar-refractivity contribution in [3.05, 3.63) is 46.7 Å². The predicted molar refractivity (Wildman–Crippen MR) is 132 cm³/mol. The van der Waals surface area contributed by atoms with Crippen molar-refractivity contribution < 1.29 is 13.2 Å². The van der Waals surface area contributed by atoms with Gasteiger partial charge in [0.05, 0.1) is 17.4 Å². The van der Waals surface area contributed by atoms with Gasteiger partial charge in [0.2, 0.25) is 15.9 Å². The zero-order chi connectivity index (χ0) is 24.1. The number of benzene rings is 1. The third kappa shape index (κ3) is 4.39. The third-order valence-corrected chi connectivity index (χ3v) is 9.45. The smallest absolute Gasteiger partial charge is 0.237 e. The van der Waals surface area contributed by atoms with E-state index < -0.39 is 15.4 Å². The number of carbonyl (C=O) groups is 1. The van der Waals surface area contributed by atoms with Crippen molar-refractivity contribution in [1.29, 1.82) is 0 Å². The van der Waals surface area contributed by atoms with Gasteiger partial charge >= 0.3 is 0 Å². The van der Waals surface area contributed by atoms with E-state index in [0.29, 0.717) is 10.9 Å². The van der Waals surface area contributed by atoms with Crippen molar-refractivity contribution in [3.63, 3.8) is 0 Å². The van der Waals surface area contributed by atoms with Gasteiger partial charge in [0, 0.05) is 48.6 Å². The van der Waals surface area contributed by atoms with Gasteiger partial charge in [-0.1, -0.05) is 11.6 Å². The molecule has 8 nitrogen and oxygen atoms in total. The summed E-state index contributed by atoms with van der Waals surface area (Å²) in [6.45, 7) is 4.97. The summed E-state index contributed by atoms with van der Waals surface area (Å²) in [5, 5.41) is 5.21. The molecule has 2 aromatic rings. The Hall–Kier alpha value is -1.94. The number of nitrogens with zero attached hydrogens (tertiary/aromatic N) is 4. The van der Waals surface area contributed by atoms with Crippen LogP contribution in [0, 0.1) is 5.92 Å². The summed E-state index contributed by atoms with van der Waals surface area (Å²) in [7, 11) is -1.28. The van der Waals surface area contributed by atoms with E-state index in [9.17, 15) is 13.2 Å². The highest BCUT2D eigenvalue weighted by Crippen LogP contribution is 2.48. The summed E-state index contributed by atoms with van der Waals surface area (Å²) < 4.78 is 28.1. The number of hydrogen-bond acceptors (Lipinski definition) is 5. The highest BCUT2D eigenvalue weighted by Gasteiger charge is 2.51. The minimum atomic E-state index is -3.13. The summed E-state index contributed by atoms with van der Waals surface area (Å²) in [5.74, 6) is 0.751. The number of hydrogen-bond donors (Lipinski definition) is 1. The summed E-state index contributed by atoms with van der Waals surface area (Å²) in [4.78, 5) is 17.4. The van der Waals surface area contributed by atoms with Crippen molar-refractivity contribution >= 4 is 33.2 Å². The first-order valence-electron chi connectivity index (χ1n) is 12.0. The standard InChI is InChI=1S/C24H32ClN5O3S/c1-3-34(32,33)27-20-10-17(11-20)15-30-16-18(13-26-30)14-29-8-6-24(7-9-29)21-12-19(25)4-5-22(21)28(2)23(24)31/h4-5,12-13,16-17,20,27H,3,6-11,14-15H2,1-2H3. The highest BCUT2D eigenvalue weighted by molar-refractivity contribution is 7.89. The van der Waals surface area contributed by atoms with Crippen LogP contribution in [0.3, 0.4) is 0 Å². The lowest BCUT2D eigenvalue weighted by molar-refractivity contribution is -0.124. The molecule has 1 aromatic carbocycles. The highest BCUT2D eigenvalue weighted by atomic mass is 35.5. The summed E-state index contributed by atoms with van der Waals surface area (Å²) in [6.07, 6.45) is 7.30. The molecule has 3 aliphatic rings. The number of sulfonamides is 1. The maximum atomic E-state index is 13.2. The predicted octanol–water partition coefficient (Wildman–Crippen LogP) is 2.76. The minimum absolute atomic E-state index is 0.0583. The third-order valence-electron chi connectivity index (χ3n) is 7.76. The van der Waals surface area contributed by atoms with Gasteiger partial charge in [-0.05, 0) is 75.4 Å². The van der Waals surface area contributed by atoms with E-state index in [1.54, 1.807) is 11.8 Å². The Morgan fingerprint density at radius 3 is 2.68 bits per heavy atom. The summed E-state index contributed by atoms with van der Waals surface area (Å²) >= 11 is 6.27. The molecular formula is C24H32ClN5O3S. The van der Waals surface area contributed by atoms with Gasteiger partial charge < -0.3 is 4.90 Å². The van der Waals surface area contributed by atoms with Gasteiger partial charge in [0.1, 0.15) is 0 Å². The molecule has 10 heteroatoms. The fourth-order valence-corrected chi connectivity index (χ4v) is 6.77. The molecule has 0 unspecified atom stereocenters. The monoisotopic (exact) mass is 505 g/mol. The first-order chi connectivity index (χ1) is 16.2. The molecule has 3 heterocycles. The van der Waals surface area contributed by atoms with Gasteiger partial charge in [0.25, 0.3) is 0 Å². The Morgan fingerprint density at radius 1 is 1.24 bits per heavy atom. The van der Waals surface area contributed by atoms with Crippen molar-refractivity contribution in [3.8, 4) is 0 Å². The molecule has 34 heavy (non-hydrogen) atoms. The Morgan fingerprint density at radius 2 is 1.97 bits per heavy atom. The van der Waals surface area contributed by atoms with Crippen LogP contribution in [0.15, 0.2) is 30.6 Å². The van der Waals surface area contributed by atoms with Crippen LogP contribution in [-0.4, -0.2) is 60.9 Å². The van der Waals surface area contributed by atoms with Gasteiger partial charge in [-0.3, -0.25) is 14.4 Å². The molecule has 1 aromatic heterocycles. The Kier molecular flexibility index (Phi) is 6.25.